The zero-order chi connectivity index (χ0) is 10.3. The maximum atomic E-state index is 10.0. The van der Waals surface area contributed by atoms with Gasteiger partial charge in [0.05, 0.1) is 6.10 Å². The molecule has 1 spiro atoms. The number of ether oxygens (including phenoxy) is 1. The van der Waals surface area contributed by atoms with Crippen LogP contribution in [0.3, 0.4) is 0 Å². The molecule has 1 heterocycles. The van der Waals surface area contributed by atoms with Crippen LogP contribution in [-0.2, 0) is 4.74 Å². The Morgan fingerprint density at radius 3 is 2.73 bits per heavy atom. The molecule has 3 rings (SSSR count). The molecule has 0 aromatic heterocycles. The number of benzene rings is 1. The van der Waals surface area contributed by atoms with E-state index in [2.05, 4.69) is 12.1 Å². The van der Waals surface area contributed by atoms with Crippen molar-refractivity contribution in [1.82, 2.24) is 0 Å². The summed E-state index contributed by atoms with van der Waals surface area (Å²) >= 11 is 0. The van der Waals surface area contributed by atoms with Crippen molar-refractivity contribution < 1.29 is 9.84 Å². The van der Waals surface area contributed by atoms with Gasteiger partial charge >= 0.3 is 0 Å². The average molecular weight is 204 g/mol. The van der Waals surface area contributed by atoms with Crippen LogP contribution in [-0.4, -0.2) is 16.8 Å². The highest BCUT2D eigenvalue weighted by atomic mass is 16.6. The lowest BCUT2D eigenvalue weighted by molar-refractivity contribution is 0.0408. The molecule has 1 aliphatic heterocycles. The van der Waals surface area contributed by atoms with Crippen molar-refractivity contribution >= 4 is 0 Å². The third kappa shape index (κ3) is 1.40. The minimum Gasteiger partial charge on any atom is -0.390 e. The fourth-order valence-corrected chi connectivity index (χ4v) is 2.76. The molecule has 1 aromatic rings. The van der Waals surface area contributed by atoms with Crippen molar-refractivity contribution in [2.75, 3.05) is 0 Å². The molecule has 2 aliphatic rings. The van der Waals surface area contributed by atoms with Crippen LogP contribution >= 0.6 is 0 Å². The molecule has 1 saturated heterocycles. The topological polar surface area (TPSA) is 32.8 Å². The zero-order valence-corrected chi connectivity index (χ0v) is 8.73. The zero-order valence-electron chi connectivity index (χ0n) is 8.73. The molecular weight excluding hydrogens is 188 g/mol. The van der Waals surface area contributed by atoms with E-state index in [1.807, 2.05) is 18.2 Å². The van der Waals surface area contributed by atoms with Crippen molar-refractivity contribution in [3.63, 3.8) is 0 Å². The molecule has 0 bridgehead atoms. The molecule has 1 saturated carbocycles. The van der Waals surface area contributed by atoms with Crippen molar-refractivity contribution in [2.24, 2.45) is 0 Å². The minimum atomic E-state index is -0.267. The summed E-state index contributed by atoms with van der Waals surface area (Å²) in [6.07, 6.45) is 4.08. The summed E-state index contributed by atoms with van der Waals surface area (Å²) in [6.45, 7) is 0. The SMILES string of the molecule is O[C@H]1CCCC[C@@]12O[C@@H]2c1ccccc1. The first-order valence-corrected chi connectivity index (χ1v) is 5.74. The molecule has 0 unspecified atom stereocenters. The van der Waals surface area contributed by atoms with E-state index in [1.54, 1.807) is 0 Å². The fourth-order valence-electron chi connectivity index (χ4n) is 2.76. The van der Waals surface area contributed by atoms with Gasteiger partial charge in [-0.15, -0.1) is 0 Å². The molecule has 1 N–H and O–H groups in total. The second kappa shape index (κ2) is 3.32. The first-order valence-electron chi connectivity index (χ1n) is 5.74. The standard InChI is InChI=1S/C13H16O2/c14-11-8-4-5-9-13(11)12(15-13)10-6-2-1-3-7-10/h1-3,6-7,11-12,14H,4-5,8-9H2/t11-,12+,13+/m0/s1. The number of aliphatic hydroxyl groups excluding tert-OH is 1. The first kappa shape index (κ1) is 9.37. The Morgan fingerprint density at radius 1 is 1.20 bits per heavy atom. The molecule has 3 atom stereocenters. The van der Waals surface area contributed by atoms with Crippen LogP contribution in [0.25, 0.3) is 0 Å². The highest BCUT2D eigenvalue weighted by Crippen LogP contribution is 2.57. The van der Waals surface area contributed by atoms with Crippen LogP contribution in [0.4, 0.5) is 0 Å². The monoisotopic (exact) mass is 204 g/mol. The predicted molar refractivity (Wildman–Crippen MR) is 57.5 cm³/mol. The van der Waals surface area contributed by atoms with Gasteiger partial charge in [-0.05, 0) is 18.4 Å². The van der Waals surface area contributed by atoms with Gasteiger partial charge in [0.15, 0.2) is 0 Å². The molecule has 0 amide bonds. The van der Waals surface area contributed by atoms with Gasteiger partial charge in [0.25, 0.3) is 0 Å². The fraction of sp³-hybridized carbons (Fsp3) is 0.538. The second-order valence-electron chi connectivity index (χ2n) is 4.63. The normalized spacial score (nSPS) is 39.3. The van der Waals surface area contributed by atoms with Gasteiger partial charge in [-0.2, -0.15) is 0 Å². The molecular formula is C13H16O2. The Labute approximate surface area is 89.9 Å². The van der Waals surface area contributed by atoms with Crippen LogP contribution in [0.15, 0.2) is 30.3 Å². The lowest BCUT2D eigenvalue weighted by Gasteiger charge is -2.25. The van der Waals surface area contributed by atoms with Crippen molar-refractivity contribution in [3.8, 4) is 0 Å². The van der Waals surface area contributed by atoms with E-state index in [4.69, 9.17) is 4.74 Å². The van der Waals surface area contributed by atoms with Crippen molar-refractivity contribution in [3.05, 3.63) is 35.9 Å². The van der Waals surface area contributed by atoms with E-state index in [9.17, 15) is 5.11 Å². The van der Waals surface area contributed by atoms with Crippen molar-refractivity contribution in [2.45, 2.75) is 43.5 Å². The van der Waals surface area contributed by atoms with Gasteiger partial charge in [-0.25, -0.2) is 0 Å². The number of aliphatic hydroxyl groups is 1. The van der Waals surface area contributed by atoms with E-state index in [0.29, 0.717) is 0 Å². The molecule has 2 fully saturated rings. The second-order valence-corrected chi connectivity index (χ2v) is 4.63. The molecule has 2 heteroatoms. The molecule has 2 nitrogen and oxygen atoms in total. The van der Waals surface area contributed by atoms with E-state index in [0.717, 1.165) is 19.3 Å². The van der Waals surface area contributed by atoms with Crippen LogP contribution < -0.4 is 0 Å². The molecule has 0 radical (unpaired) electrons. The van der Waals surface area contributed by atoms with Crippen LogP contribution in [0.2, 0.25) is 0 Å². The van der Waals surface area contributed by atoms with Gasteiger partial charge in [0, 0.05) is 0 Å². The summed E-state index contributed by atoms with van der Waals surface area (Å²) in [5, 5.41) is 10.0. The molecule has 80 valence electrons. The number of hydrogen-bond donors (Lipinski definition) is 1. The maximum absolute atomic E-state index is 10.0. The van der Waals surface area contributed by atoms with E-state index in [1.165, 1.54) is 12.0 Å². The molecule has 15 heavy (non-hydrogen) atoms. The Bertz CT molecular complexity index is 349. The Hall–Kier alpha value is -0.860. The lowest BCUT2D eigenvalue weighted by Crippen LogP contribution is -2.33. The summed E-state index contributed by atoms with van der Waals surface area (Å²) in [7, 11) is 0. The number of hydrogen-bond acceptors (Lipinski definition) is 2. The first-order chi connectivity index (χ1) is 7.33. The van der Waals surface area contributed by atoms with Gasteiger partial charge in [-0.1, -0.05) is 43.2 Å². The Kier molecular flexibility index (Phi) is 2.08. The van der Waals surface area contributed by atoms with Gasteiger partial charge < -0.3 is 9.84 Å². The average Bonchev–Trinajstić information content (AvgIpc) is 3.00. The van der Waals surface area contributed by atoms with Crippen LogP contribution in [0, 0.1) is 0 Å². The van der Waals surface area contributed by atoms with Crippen LogP contribution in [0.5, 0.6) is 0 Å². The Balaban J connectivity index is 1.82. The molecule has 1 aromatic carbocycles. The van der Waals surface area contributed by atoms with Gasteiger partial charge in [0.2, 0.25) is 0 Å². The third-order valence-corrected chi connectivity index (χ3v) is 3.69. The smallest absolute Gasteiger partial charge is 0.125 e. The summed E-state index contributed by atoms with van der Waals surface area (Å²) in [6, 6.07) is 10.2. The van der Waals surface area contributed by atoms with E-state index < -0.39 is 0 Å². The lowest BCUT2D eigenvalue weighted by atomic mass is 9.82. The van der Waals surface area contributed by atoms with E-state index in [-0.39, 0.29) is 17.8 Å². The molecule has 1 aliphatic carbocycles. The van der Waals surface area contributed by atoms with Gasteiger partial charge in [-0.3, -0.25) is 0 Å². The minimum absolute atomic E-state index is 0.133. The summed E-state index contributed by atoms with van der Waals surface area (Å²) in [4.78, 5) is 0. The predicted octanol–water partition coefficient (Wildman–Crippen LogP) is 2.43. The highest BCUT2D eigenvalue weighted by Gasteiger charge is 2.61. The summed E-state index contributed by atoms with van der Waals surface area (Å²) in [5.41, 5.74) is 0.970. The van der Waals surface area contributed by atoms with Gasteiger partial charge in [0.1, 0.15) is 11.7 Å². The number of rotatable bonds is 1. The largest absolute Gasteiger partial charge is 0.390 e. The van der Waals surface area contributed by atoms with E-state index >= 15 is 0 Å². The highest BCUT2D eigenvalue weighted by molar-refractivity contribution is 5.27. The third-order valence-electron chi connectivity index (χ3n) is 3.69. The summed E-state index contributed by atoms with van der Waals surface area (Å²) < 4.78 is 5.79. The van der Waals surface area contributed by atoms with Crippen LogP contribution in [0.1, 0.15) is 37.4 Å². The van der Waals surface area contributed by atoms with Crippen molar-refractivity contribution in [1.29, 1.82) is 0 Å². The number of epoxide rings is 1. The Morgan fingerprint density at radius 2 is 2.00 bits per heavy atom. The maximum Gasteiger partial charge on any atom is 0.125 e. The quantitative estimate of drug-likeness (QED) is 0.713. The summed E-state index contributed by atoms with van der Waals surface area (Å²) in [5.74, 6) is 0.